The molecule has 0 amide bonds. The van der Waals surface area contributed by atoms with Crippen molar-refractivity contribution in [1.82, 2.24) is 19.6 Å². The Labute approximate surface area is 170 Å². The Kier molecular flexibility index (Phi) is 5.82. The summed E-state index contributed by atoms with van der Waals surface area (Å²) in [6.45, 7) is 8.52. The minimum Gasteiger partial charge on any atom is -0.269 e. The van der Waals surface area contributed by atoms with E-state index in [1.54, 1.807) is 0 Å². The highest BCUT2D eigenvalue weighted by Crippen LogP contribution is 2.22. The first-order valence-electron chi connectivity index (χ1n) is 8.62. The van der Waals surface area contributed by atoms with Crippen LogP contribution in [0.25, 0.3) is 21.8 Å². The predicted molar refractivity (Wildman–Crippen MR) is 116 cm³/mol. The first kappa shape index (κ1) is 19.1. The fourth-order valence-electron chi connectivity index (χ4n) is 2.72. The minimum atomic E-state index is 0.415. The van der Waals surface area contributed by atoms with Crippen LogP contribution in [-0.2, 0) is 0 Å². The molecular formula is C20H22Br2N4. The second kappa shape index (κ2) is 7.92. The number of aromatic nitrogens is 4. The van der Waals surface area contributed by atoms with Gasteiger partial charge >= 0.3 is 0 Å². The summed E-state index contributed by atoms with van der Waals surface area (Å²) in [6, 6.07) is 13.2. The van der Waals surface area contributed by atoms with Gasteiger partial charge in [0.1, 0.15) is 0 Å². The molecule has 136 valence electrons. The quantitative estimate of drug-likeness (QED) is 0.319. The Balaban J connectivity index is 0.000000151. The molecule has 0 aliphatic carbocycles. The van der Waals surface area contributed by atoms with Crippen LogP contribution in [0.15, 0.2) is 57.7 Å². The fourth-order valence-corrected chi connectivity index (χ4v) is 3.47. The van der Waals surface area contributed by atoms with E-state index in [4.69, 9.17) is 0 Å². The fraction of sp³-hybridized carbons (Fsp3) is 0.300. The third-order valence-corrected chi connectivity index (χ3v) is 5.05. The number of fused-ring (bicyclic) bond motifs is 2. The molecule has 2 aromatic heterocycles. The number of hydrogen-bond donors (Lipinski definition) is 0. The molecule has 0 atom stereocenters. The molecule has 0 spiro atoms. The van der Waals surface area contributed by atoms with E-state index in [2.05, 4.69) is 94.1 Å². The molecule has 0 unspecified atom stereocenters. The largest absolute Gasteiger partial charge is 0.269 e. The lowest BCUT2D eigenvalue weighted by Crippen LogP contribution is -2.01. The zero-order valence-corrected chi connectivity index (χ0v) is 18.5. The maximum absolute atomic E-state index is 4.45. The highest BCUT2D eigenvalue weighted by atomic mass is 79.9. The van der Waals surface area contributed by atoms with Gasteiger partial charge in [0, 0.05) is 38.0 Å². The molecule has 2 aromatic carbocycles. The standard InChI is InChI=1S/2C10H11BrN2/c1-7(2)13-6-8-5-9(11)3-4-10(8)12-13;1-7(2)13-10-4-3-9(11)5-8(10)6-12-13/h2*3-7H,1-2H3. The highest BCUT2D eigenvalue weighted by Gasteiger charge is 2.05. The lowest BCUT2D eigenvalue weighted by atomic mass is 10.2. The lowest BCUT2D eigenvalue weighted by Gasteiger charge is -2.06. The topological polar surface area (TPSA) is 35.6 Å². The van der Waals surface area contributed by atoms with E-state index >= 15 is 0 Å². The predicted octanol–water partition coefficient (Wildman–Crippen LogP) is 6.76. The van der Waals surface area contributed by atoms with Crippen LogP contribution in [0.5, 0.6) is 0 Å². The van der Waals surface area contributed by atoms with Crippen molar-refractivity contribution in [2.75, 3.05) is 0 Å². The van der Waals surface area contributed by atoms with Crippen molar-refractivity contribution < 1.29 is 0 Å². The second-order valence-electron chi connectivity index (χ2n) is 6.79. The van der Waals surface area contributed by atoms with E-state index in [0.717, 1.165) is 14.5 Å². The van der Waals surface area contributed by atoms with Crippen molar-refractivity contribution in [2.24, 2.45) is 0 Å². The molecule has 0 bridgehead atoms. The van der Waals surface area contributed by atoms with Gasteiger partial charge in [-0.1, -0.05) is 31.9 Å². The van der Waals surface area contributed by atoms with Crippen LogP contribution in [0.2, 0.25) is 0 Å². The van der Waals surface area contributed by atoms with Crippen LogP contribution < -0.4 is 0 Å². The Bertz CT molecular complexity index is 1020. The molecule has 4 nitrogen and oxygen atoms in total. The maximum Gasteiger partial charge on any atom is 0.0924 e. The van der Waals surface area contributed by atoms with Gasteiger partial charge in [0.15, 0.2) is 0 Å². The van der Waals surface area contributed by atoms with E-state index in [9.17, 15) is 0 Å². The molecular weight excluding hydrogens is 456 g/mol. The molecule has 4 aromatic rings. The van der Waals surface area contributed by atoms with Gasteiger partial charge in [0.05, 0.1) is 17.2 Å². The molecule has 0 radical (unpaired) electrons. The molecule has 0 saturated carbocycles. The number of rotatable bonds is 2. The first-order chi connectivity index (χ1) is 12.3. The molecule has 26 heavy (non-hydrogen) atoms. The van der Waals surface area contributed by atoms with Crippen molar-refractivity contribution in [1.29, 1.82) is 0 Å². The van der Waals surface area contributed by atoms with Crippen molar-refractivity contribution in [3.05, 3.63) is 57.7 Å². The van der Waals surface area contributed by atoms with Crippen LogP contribution in [-0.4, -0.2) is 19.6 Å². The van der Waals surface area contributed by atoms with Crippen molar-refractivity contribution >= 4 is 53.7 Å². The van der Waals surface area contributed by atoms with Gasteiger partial charge in [-0.05, 0) is 64.1 Å². The van der Waals surface area contributed by atoms with Crippen molar-refractivity contribution in [3.8, 4) is 0 Å². The normalized spacial score (nSPS) is 11.4. The molecule has 0 N–H and O–H groups in total. The number of benzene rings is 2. The van der Waals surface area contributed by atoms with Gasteiger partial charge in [0.2, 0.25) is 0 Å². The Hall–Kier alpha value is -1.66. The third-order valence-electron chi connectivity index (χ3n) is 4.06. The van der Waals surface area contributed by atoms with Crippen molar-refractivity contribution in [3.63, 3.8) is 0 Å². The van der Waals surface area contributed by atoms with E-state index in [-0.39, 0.29) is 0 Å². The number of halogens is 2. The monoisotopic (exact) mass is 476 g/mol. The van der Waals surface area contributed by atoms with Gasteiger partial charge in [-0.2, -0.15) is 10.2 Å². The third kappa shape index (κ3) is 4.18. The summed E-state index contributed by atoms with van der Waals surface area (Å²) in [6.07, 6.45) is 3.98. The average molecular weight is 478 g/mol. The van der Waals surface area contributed by atoms with Crippen LogP contribution in [0, 0.1) is 0 Å². The van der Waals surface area contributed by atoms with Gasteiger partial charge < -0.3 is 0 Å². The van der Waals surface area contributed by atoms with E-state index in [0.29, 0.717) is 12.1 Å². The minimum absolute atomic E-state index is 0.415. The van der Waals surface area contributed by atoms with E-state index in [1.807, 2.05) is 33.8 Å². The second-order valence-corrected chi connectivity index (χ2v) is 8.62. The molecule has 0 fully saturated rings. The smallest absolute Gasteiger partial charge is 0.0924 e. The van der Waals surface area contributed by atoms with E-state index < -0.39 is 0 Å². The van der Waals surface area contributed by atoms with Gasteiger partial charge in [-0.15, -0.1) is 0 Å². The molecule has 6 heteroatoms. The van der Waals surface area contributed by atoms with E-state index in [1.165, 1.54) is 16.3 Å². The van der Waals surface area contributed by atoms with Gasteiger partial charge in [-0.25, -0.2) is 0 Å². The Morgan fingerprint density at radius 2 is 1.50 bits per heavy atom. The summed E-state index contributed by atoms with van der Waals surface area (Å²) in [4.78, 5) is 0. The Morgan fingerprint density at radius 3 is 2.15 bits per heavy atom. The highest BCUT2D eigenvalue weighted by molar-refractivity contribution is 9.10. The summed E-state index contributed by atoms with van der Waals surface area (Å²) in [5.41, 5.74) is 2.25. The molecule has 0 aliphatic heterocycles. The summed E-state index contributed by atoms with van der Waals surface area (Å²) < 4.78 is 6.21. The molecule has 0 saturated heterocycles. The zero-order chi connectivity index (χ0) is 18.8. The number of nitrogens with zero attached hydrogens (tertiary/aromatic N) is 4. The van der Waals surface area contributed by atoms with Crippen LogP contribution in [0.1, 0.15) is 39.8 Å². The van der Waals surface area contributed by atoms with Crippen LogP contribution in [0.4, 0.5) is 0 Å². The summed E-state index contributed by atoms with van der Waals surface area (Å²) in [7, 11) is 0. The summed E-state index contributed by atoms with van der Waals surface area (Å²) in [5, 5.41) is 11.1. The maximum atomic E-state index is 4.45. The first-order valence-corrected chi connectivity index (χ1v) is 10.2. The summed E-state index contributed by atoms with van der Waals surface area (Å²) in [5.74, 6) is 0. The molecule has 0 aliphatic rings. The average Bonchev–Trinajstić information content (AvgIpc) is 3.18. The molecule has 4 rings (SSSR count). The van der Waals surface area contributed by atoms with Gasteiger partial charge in [0.25, 0.3) is 0 Å². The Morgan fingerprint density at radius 1 is 0.846 bits per heavy atom. The van der Waals surface area contributed by atoms with Crippen LogP contribution >= 0.6 is 31.9 Å². The zero-order valence-electron chi connectivity index (χ0n) is 15.3. The van der Waals surface area contributed by atoms with Crippen LogP contribution in [0.3, 0.4) is 0 Å². The number of hydrogen-bond acceptors (Lipinski definition) is 2. The molecule has 2 heterocycles. The SMILES string of the molecule is CC(C)n1cc2cc(Br)ccc2n1.CC(C)n1ncc2cc(Br)ccc21. The summed E-state index contributed by atoms with van der Waals surface area (Å²) >= 11 is 6.88. The van der Waals surface area contributed by atoms with Gasteiger partial charge in [-0.3, -0.25) is 9.36 Å². The lowest BCUT2D eigenvalue weighted by molar-refractivity contribution is 0.537. The van der Waals surface area contributed by atoms with Crippen molar-refractivity contribution in [2.45, 2.75) is 39.8 Å².